The van der Waals surface area contributed by atoms with Crippen molar-refractivity contribution in [2.75, 3.05) is 6.54 Å². The Labute approximate surface area is 103 Å². The Morgan fingerprint density at radius 3 is 2.65 bits per heavy atom. The average molecular weight is 230 g/mol. The van der Waals surface area contributed by atoms with Crippen molar-refractivity contribution in [3.8, 4) is 0 Å². The van der Waals surface area contributed by atoms with Crippen molar-refractivity contribution >= 4 is 10.9 Å². The molecule has 0 aliphatic carbocycles. The number of nitrogens with two attached hydrogens (primary N) is 1. The molecule has 0 atom stereocenters. The van der Waals surface area contributed by atoms with Crippen molar-refractivity contribution in [3.05, 3.63) is 35.5 Å². The van der Waals surface area contributed by atoms with E-state index < -0.39 is 0 Å². The van der Waals surface area contributed by atoms with Crippen molar-refractivity contribution in [2.45, 2.75) is 39.7 Å². The first-order valence-electron chi connectivity index (χ1n) is 6.60. The van der Waals surface area contributed by atoms with Crippen molar-refractivity contribution in [2.24, 2.45) is 5.73 Å². The summed E-state index contributed by atoms with van der Waals surface area (Å²) in [7, 11) is 0. The Balaban J connectivity index is 2.48. The van der Waals surface area contributed by atoms with Gasteiger partial charge in [0, 0.05) is 23.6 Å². The molecule has 1 aromatic carbocycles. The first kappa shape index (κ1) is 12.2. The van der Waals surface area contributed by atoms with Gasteiger partial charge in [-0.05, 0) is 49.1 Å². The van der Waals surface area contributed by atoms with E-state index in [2.05, 4.69) is 42.8 Å². The predicted octanol–water partition coefficient (Wildman–Crippen LogP) is 3.11. The third kappa shape index (κ3) is 2.37. The van der Waals surface area contributed by atoms with Gasteiger partial charge in [0.15, 0.2) is 0 Å². The minimum absolute atomic E-state index is 0.758. The third-order valence-corrected chi connectivity index (χ3v) is 3.42. The standard InChI is InChI=1S/C15H22N2/c1-3-12-6-7-15-14(10-12)13(4-2)11-17(15)9-5-8-16/h6-7,10-11H,3-5,8-9,16H2,1-2H3. The zero-order valence-corrected chi connectivity index (χ0v) is 10.9. The molecule has 0 bridgehead atoms. The molecule has 2 heteroatoms. The molecule has 1 aromatic heterocycles. The Bertz CT molecular complexity index is 497. The number of aromatic nitrogens is 1. The van der Waals surface area contributed by atoms with Crippen LogP contribution in [0.15, 0.2) is 24.4 Å². The summed E-state index contributed by atoms with van der Waals surface area (Å²) < 4.78 is 2.35. The Kier molecular flexibility index (Phi) is 3.85. The number of fused-ring (bicyclic) bond motifs is 1. The number of benzene rings is 1. The SMILES string of the molecule is CCc1ccc2c(c1)c(CC)cn2CCCN. The monoisotopic (exact) mass is 230 g/mol. The van der Waals surface area contributed by atoms with Crippen LogP contribution in [-0.4, -0.2) is 11.1 Å². The second-order valence-electron chi connectivity index (χ2n) is 4.55. The van der Waals surface area contributed by atoms with Gasteiger partial charge in [-0.1, -0.05) is 19.9 Å². The van der Waals surface area contributed by atoms with E-state index in [4.69, 9.17) is 5.73 Å². The molecule has 0 aliphatic heterocycles. The largest absolute Gasteiger partial charge is 0.347 e. The third-order valence-electron chi connectivity index (χ3n) is 3.42. The summed E-state index contributed by atoms with van der Waals surface area (Å²) in [6, 6.07) is 6.83. The van der Waals surface area contributed by atoms with Gasteiger partial charge in [0.1, 0.15) is 0 Å². The lowest BCUT2D eigenvalue weighted by Gasteiger charge is -2.04. The number of rotatable bonds is 5. The molecule has 0 saturated carbocycles. The van der Waals surface area contributed by atoms with E-state index in [-0.39, 0.29) is 0 Å². The lowest BCUT2D eigenvalue weighted by molar-refractivity contribution is 0.669. The molecule has 92 valence electrons. The summed E-state index contributed by atoms with van der Waals surface area (Å²) in [5.41, 5.74) is 9.82. The first-order chi connectivity index (χ1) is 8.30. The van der Waals surface area contributed by atoms with Crippen LogP contribution in [0.25, 0.3) is 10.9 Å². The van der Waals surface area contributed by atoms with Gasteiger partial charge in [-0.25, -0.2) is 0 Å². The lowest BCUT2D eigenvalue weighted by atomic mass is 10.1. The van der Waals surface area contributed by atoms with E-state index in [1.165, 1.54) is 22.0 Å². The highest BCUT2D eigenvalue weighted by atomic mass is 15.0. The van der Waals surface area contributed by atoms with Gasteiger partial charge in [-0.3, -0.25) is 0 Å². The minimum Gasteiger partial charge on any atom is -0.347 e. The molecule has 0 spiro atoms. The van der Waals surface area contributed by atoms with Crippen molar-refractivity contribution in [1.29, 1.82) is 0 Å². The number of hydrogen-bond donors (Lipinski definition) is 1. The molecule has 2 nitrogen and oxygen atoms in total. The summed E-state index contributed by atoms with van der Waals surface area (Å²) in [4.78, 5) is 0. The summed E-state index contributed by atoms with van der Waals surface area (Å²) >= 11 is 0. The summed E-state index contributed by atoms with van der Waals surface area (Å²) in [6.07, 6.45) is 5.54. The van der Waals surface area contributed by atoms with Crippen LogP contribution >= 0.6 is 0 Å². The molecule has 2 rings (SSSR count). The molecule has 0 aliphatic rings. The van der Waals surface area contributed by atoms with Gasteiger partial charge in [0.05, 0.1) is 0 Å². The maximum Gasteiger partial charge on any atom is 0.0483 e. The normalized spacial score (nSPS) is 11.2. The number of aryl methyl sites for hydroxylation is 3. The maximum absolute atomic E-state index is 5.59. The Hall–Kier alpha value is -1.28. The summed E-state index contributed by atoms with van der Waals surface area (Å²) in [6.45, 7) is 6.21. The second-order valence-corrected chi connectivity index (χ2v) is 4.55. The van der Waals surface area contributed by atoms with Crippen LogP contribution in [0, 0.1) is 0 Å². The molecule has 1 heterocycles. The zero-order valence-electron chi connectivity index (χ0n) is 10.9. The van der Waals surface area contributed by atoms with Gasteiger partial charge in [-0.15, -0.1) is 0 Å². The van der Waals surface area contributed by atoms with E-state index in [1.807, 2.05) is 0 Å². The molecular weight excluding hydrogens is 208 g/mol. The van der Waals surface area contributed by atoms with E-state index in [0.29, 0.717) is 0 Å². The summed E-state index contributed by atoms with van der Waals surface area (Å²) in [5, 5.41) is 1.42. The zero-order chi connectivity index (χ0) is 12.3. The van der Waals surface area contributed by atoms with Crippen LogP contribution in [0.3, 0.4) is 0 Å². The van der Waals surface area contributed by atoms with E-state index in [0.717, 1.165) is 32.4 Å². The fourth-order valence-corrected chi connectivity index (χ4v) is 2.37. The van der Waals surface area contributed by atoms with E-state index in [1.54, 1.807) is 0 Å². The maximum atomic E-state index is 5.59. The van der Waals surface area contributed by atoms with Crippen LogP contribution in [0.2, 0.25) is 0 Å². The van der Waals surface area contributed by atoms with Crippen LogP contribution in [0.1, 0.15) is 31.4 Å². The Morgan fingerprint density at radius 1 is 1.18 bits per heavy atom. The predicted molar refractivity (Wildman–Crippen MR) is 74.4 cm³/mol. The lowest BCUT2D eigenvalue weighted by Crippen LogP contribution is -2.04. The molecule has 17 heavy (non-hydrogen) atoms. The fourth-order valence-electron chi connectivity index (χ4n) is 2.37. The second kappa shape index (κ2) is 5.37. The molecule has 0 amide bonds. The average Bonchev–Trinajstić information content (AvgIpc) is 2.73. The van der Waals surface area contributed by atoms with Crippen LogP contribution in [0.4, 0.5) is 0 Å². The van der Waals surface area contributed by atoms with E-state index >= 15 is 0 Å². The topological polar surface area (TPSA) is 30.9 Å². The number of hydrogen-bond acceptors (Lipinski definition) is 1. The van der Waals surface area contributed by atoms with E-state index in [9.17, 15) is 0 Å². The molecule has 2 aromatic rings. The molecule has 0 fully saturated rings. The molecule has 0 saturated heterocycles. The first-order valence-corrected chi connectivity index (χ1v) is 6.60. The van der Waals surface area contributed by atoms with Crippen LogP contribution in [0.5, 0.6) is 0 Å². The highest BCUT2D eigenvalue weighted by Crippen LogP contribution is 2.24. The van der Waals surface area contributed by atoms with Gasteiger partial charge < -0.3 is 10.3 Å². The van der Waals surface area contributed by atoms with Crippen molar-refractivity contribution < 1.29 is 0 Å². The molecule has 2 N–H and O–H groups in total. The Morgan fingerprint density at radius 2 is 2.00 bits per heavy atom. The van der Waals surface area contributed by atoms with Crippen molar-refractivity contribution in [3.63, 3.8) is 0 Å². The highest BCUT2D eigenvalue weighted by Gasteiger charge is 2.07. The number of nitrogens with zero attached hydrogens (tertiary/aromatic N) is 1. The summed E-state index contributed by atoms with van der Waals surface area (Å²) in [5.74, 6) is 0. The molecule has 0 radical (unpaired) electrons. The van der Waals surface area contributed by atoms with Gasteiger partial charge >= 0.3 is 0 Å². The molecular formula is C15H22N2. The smallest absolute Gasteiger partial charge is 0.0483 e. The van der Waals surface area contributed by atoms with Crippen LogP contribution < -0.4 is 5.73 Å². The fraction of sp³-hybridized carbons (Fsp3) is 0.467. The van der Waals surface area contributed by atoms with Crippen molar-refractivity contribution in [1.82, 2.24) is 4.57 Å². The van der Waals surface area contributed by atoms with Gasteiger partial charge in [-0.2, -0.15) is 0 Å². The quantitative estimate of drug-likeness (QED) is 0.840. The highest BCUT2D eigenvalue weighted by molar-refractivity contribution is 5.84. The van der Waals surface area contributed by atoms with Crippen LogP contribution in [-0.2, 0) is 19.4 Å². The minimum atomic E-state index is 0.758. The molecule has 0 unspecified atom stereocenters. The van der Waals surface area contributed by atoms with Gasteiger partial charge in [0.2, 0.25) is 0 Å². The van der Waals surface area contributed by atoms with Gasteiger partial charge in [0.25, 0.3) is 0 Å².